The molecule has 18 heavy (non-hydrogen) atoms. The van der Waals surface area contributed by atoms with Crippen molar-refractivity contribution in [2.75, 3.05) is 26.8 Å². The molecule has 1 fully saturated rings. The zero-order valence-corrected chi connectivity index (χ0v) is 11.0. The second-order valence-electron chi connectivity index (χ2n) is 4.14. The van der Waals surface area contributed by atoms with Gasteiger partial charge in [0.1, 0.15) is 6.61 Å². The van der Waals surface area contributed by atoms with Crippen LogP contribution in [-0.2, 0) is 4.79 Å². The van der Waals surface area contributed by atoms with Crippen molar-refractivity contribution >= 4 is 17.5 Å². The molecule has 1 aromatic rings. The lowest BCUT2D eigenvalue weighted by molar-refractivity contribution is -0.128. The molecule has 0 spiro atoms. The van der Waals surface area contributed by atoms with Gasteiger partial charge in [0.25, 0.3) is 0 Å². The number of nitrogens with zero attached hydrogens (tertiary/aromatic N) is 1. The number of alkyl halides is 1. The molecule has 1 aliphatic rings. The van der Waals surface area contributed by atoms with E-state index in [1.165, 1.54) is 0 Å². The van der Waals surface area contributed by atoms with Gasteiger partial charge in [-0.15, -0.1) is 11.6 Å². The van der Waals surface area contributed by atoms with E-state index in [-0.39, 0.29) is 11.3 Å². The Morgan fingerprint density at radius 2 is 2.11 bits per heavy atom. The van der Waals surface area contributed by atoms with Crippen molar-refractivity contribution in [3.8, 4) is 11.5 Å². The first-order valence-corrected chi connectivity index (χ1v) is 6.32. The molecule has 4 nitrogen and oxygen atoms in total. The standard InChI is InChI=1S/C13H16ClNO3/c1-17-11-4-2-3-5-12(11)18-7-6-15-9-10(14)8-13(15)16/h2-5,10H,6-9H2,1H3. The first-order valence-electron chi connectivity index (χ1n) is 5.88. The predicted molar refractivity (Wildman–Crippen MR) is 69.3 cm³/mol. The monoisotopic (exact) mass is 269 g/mol. The minimum Gasteiger partial charge on any atom is -0.493 e. The maximum absolute atomic E-state index is 11.5. The molecule has 2 rings (SSSR count). The molecule has 1 saturated heterocycles. The van der Waals surface area contributed by atoms with E-state index >= 15 is 0 Å². The normalized spacial score (nSPS) is 19.1. The van der Waals surface area contributed by atoms with Crippen LogP contribution < -0.4 is 9.47 Å². The van der Waals surface area contributed by atoms with E-state index in [0.717, 1.165) is 0 Å². The quantitative estimate of drug-likeness (QED) is 0.767. The van der Waals surface area contributed by atoms with Crippen LogP contribution in [0.2, 0.25) is 0 Å². The first-order chi connectivity index (χ1) is 8.70. The van der Waals surface area contributed by atoms with E-state index in [0.29, 0.717) is 37.6 Å². The van der Waals surface area contributed by atoms with Crippen molar-refractivity contribution in [3.63, 3.8) is 0 Å². The molecule has 0 aliphatic carbocycles. The first kappa shape index (κ1) is 13.0. The average Bonchev–Trinajstić information content (AvgIpc) is 2.68. The number of methoxy groups -OCH3 is 1. The van der Waals surface area contributed by atoms with Crippen LogP contribution in [0, 0.1) is 0 Å². The van der Waals surface area contributed by atoms with Crippen LogP contribution in [0.4, 0.5) is 0 Å². The molecule has 0 aromatic heterocycles. The summed E-state index contributed by atoms with van der Waals surface area (Å²) in [5.41, 5.74) is 0. The van der Waals surface area contributed by atoms with Gasteiger partial charge in [-0.1, -0.05) is 12.1 Å². The van der Waals surface area contributed by atoms with Crippen molar-refractivity contribution < 1.29 is 14.3 Å². The summed E-state index contributed by atoms with van der Waals surface area (Å²) in [6.07, 6.45) is 0.427. The third-order valence-corrected chi connectivity index (χ3v) is 3.15. The number of carbonyl (C=O) groups excluding carboxylic acids is 1. The summed E-state index contributed by atoms with van der Waals surface area (Å²) in [6.45, 7) is 1.60. The van der Waals surface area contributed by atoms with Gasteiger partial charge in [-0.05, 0) is 12.1 Å². The predicted octanol–water partition coefficient (Wildman–Crippen LogP) is 1.91. The number of amides is 1. The number of ether oxygens (including phenoxy) is 2. The highest BCUT2D eigenvalue weighted by atomic mass is 35.5. The van der Waals surface area contributed by atoms with Gasteiger partial charge < -0.3 is 14.4 Å². The van der Waals surface area contributed by atoms with Crippen LogP contribution in [-0.4, -0.2) is 43.0 Å². The summed E-state index contributed by atoms with van der Waals surface area (Å²) in [5.74, 6) is 1.48. The molecule has 1 aromatic carbocycles. The number of likely N-dealkylation sites (tertiary alicyclic amines) is 1. The van der Waals surface area contributed by atoms with Gasteiger partial charge >= 0.3 is 0 Å². The molecule has 1 unspecified atom stereocenters. The number of para-hydroxylation sites is 2. The number of hydrogen-bond donors (Lipinski definition) is 0. The molecular weight excluding hydrogens is 254 g/mol. The highest BCUT2D eigenvalue weighted by molar-refractivity contribution is 6.22. The minimum atomic E-state index is -0.0660. The summed E-state index contributed by atoms with van der Waals surface area (Å²) < 4.78 is 10.8. The highest BCUT2D eigenvalue weighted by Crippen LogP contribution is 2.25. The SMILES string of the molecule is COc1ccccc1OCCN1CC(Cl)CC1=O. The van der Waals surface area contributed by atoms with E-state index in [9.17, 15) is 4.79 Å². The van der Waals surface area contributed by atoms with Crippen LogP contribution in [0.5, 0.6) is 11.5 Å². The van der Waals surface area contributed by atoms with Gasteiger partial charge in [0.05, 0.1) is 19.0 Å². The second-order valence-corrected chi connectivity index (χ2v) is 4.76. The topological polar surface area (TPSA) is 38.8 Å². The number of rotatable bonds is 5. The van der Waals surface area contributed by atoms with Crippen LogP contribution in [0.3, 0.4) is 0 Å². The third kappa shape index (κ3) is 3.07. The fraction of sp³-hybridized carbons (Fsp3) is 0.462. The van der Waals surface area contributed by atoms with Crippen LogP contribution in [0.25, 0.3) is 0 Å². The van der Waals surface area contributed by atoms with Gasteiger partial charge in [-0.2, -0.15) is 0 Å². The van der Waals surface area contributed by atoms with Gasteiger partial charge in [0.15, 0.2) is 11.5 Å². The number of halogens is 1. The molecule has 1 amide bonds. The van der Waals surface area contributed by atoms with Crippen molar-refractivity contribution in [1.29, 1.82) is 0 Å². The Hall–Kier alpha value is -1.42. The van der Waals surface area contributed by atoms with Gasteiger partial charge in [-0.3, -0.25) is 4.79 Å². The Labute approximate surface area is 111 Å². The second kappa shape index (κ2) is 5.96. The number of carbonyl (C=O) groups is 1. The molecule has 0 saturated carbocycles. The lowest BCUT2D eigenvalue weighted by Gasteiger charge is -2.16. The molecule has 0 radical (unpaired) electrons. The summed E-state index contributed by atoms with van der Waals surface area (Å²) in [4.78, 5) is 13.2. The smallest absolute Gasteiger partial charge is 0.224 e. The molecule has 1 atom stereocenters. The Kier molecular flexibility index (Phi) is 4.31. The maximum Gasteiger partial charge on any atom is 0.224 e. The Morgan fingerprint density at radius 1 is 1.39 bits per heavy atom. The largest absolute Gasteiger partial charge is 0.493 e. The molecule has 1 aliphatic heterocycles. The maximum atomic E-state index is 11.5. The molecule has 0 N–H and O–H groups in total. The molecular formula is C13H16ClNO3. The van der Waals surface area contributed by atoms with E-state index < -0.39 is 0 Å². The number of hydrogen-bond acceptors (Lipinski definition) is 3. The summed E-state index contributed by atoms with van der Waals surface area (Å²) >= 11 is 5.92. The molecule has 5 heteroatoms. The Bertz CT molecular complexity index is 424. The molecule has 1 heterocycles. The molecule has 98 valence electrons. The Balaban J connectivity index is 1.83. The average molecular weight is 270 g/mol. The minimum absolute atomic E-state index is 0.0660. The summed E-state index contributed by atoms with van der Waals surface area (Å²) in [7, 11) is 1.60. The summed E-state index contributed by atoms with van der Waals surface area (Å²) in [5, 5.41) is -0.0660. The Morgan fingerprint density at radius 3 is 2.72 bits per heavy atom. The van der Waals surface area contributed by atoms with E-state index in [1.807, 2.05) is 24.3 Å². The van der Waals surface area contributed by atoms with Gasteiger partial charge in [-0.25, -0.2) is 0 Å². The third-order valence-electron chi connectivity index (χ3n) is 2.86. The van der Waals surface area contributed by atoms with E-state index in [2.05, 4.69) is 0 Å². The highest BCUT2D eigenvalue weighted by Gasteiger charge is 2.27. The van der Waals surface area contributed by atoms with E-state index in [4.69, 9.17) is 21.1 Å². The zero-order chi connectivity index (χ0) is 13.0. The lowest BCUT2D eigenvalue weighted by atomic mass is 10.3. The van der Waals surface area contributed by atoms with Crippen molar-refractivity contribution in [1.82, 2.24) is 4.90 Å². The molecule has 0 bridgehead atoms. The fourth-order valence-electron chi connectivity index (χ4n) is 1.94. The van der Waals surface area contributed by atoms with Crippen molar-refractivity contribution in [2.24, 2.45) is 0 Å². The van der Waals surface area contributed by atoms with Gasteiger partial charge in [0.2, 0.25) is 5.91 Å². The summed E-state index contributed by atoms with van der Waals surface area (Å²) in [6, 6.07) is 7.45. The number of benzene rings is 1. The van der Waals surface area contributed by atoms with Crippen molar-refractivity contribution in [3.05, 3.63) is 24.3 Å². The van der Waals surface area contributed by atoms with Crippen LogP contribution in [0.15, 0.2) is 24.3 Å². The zero-order valence-electron chi connectivity index (χ0n) is 10.3. The van der Waals surface area contributed by atoms with Crippen LogP contribution >= 0.6 is 11.6 Å². The van der Waals surface area contributed by atoms with E-state index in [1.54, 1.807) is 12.0 Å². The van der Waals surface area contributed by atoms with Gasteiger partial charge in [0, 0.05) is 13.0 Å². The fourth-order valence-corrected chi connectivity index (χ4v) is 2.24. The lowest BCUT2D eigenvalue weighted by Crippen LogP contribution is -2.30. The van der Waals surface area contributed by atoms with Crippen molar-refractivity contribution in [2.45, 2.75) is 11.8 Å². The van der Waals surface area contributed by atoms with Crippen LogP contribution in [0.1, 0.15) is 6.42 Å².